The summed E-state index contributed by atoms with van der Waals surface area (Å²) < 4.78 is 0. The zero-order valence-corrected chi connectivity index (χ0v) is 9.37. The summed E-state index contributed by atoms with van der Waals surface area (Å²) in [6, 6.07) is 10.4. The molecule has 1 aliphatic heterocycles. The standard InChI is InChI=1S/C11H13N3S/c1-9-8-14(11(15)13-9)12-7-10-5-3-2-4-6-10/h2-7,9H,8H2,1H3,(H,13,15)/b12-7+. The number of nitrogens with zero attached hydrogens (tertiary/aromatic N) is 2. The molecule has 3 nitrogen and oxygen atoms in total. The molecule has 1 aliphatic rings. The zero-order valence-electron chi connectivity index (χ0n) is 8.55. The number of hydrazone groups is 1. The van der Waals surface area contributed by atoms with Crippen molar-refractivity contribution in [1.82, 2.24) is 10.3 Å². The van der Waals surface area contributed by atoms with Crippen LogP contribution < -0.4 is 5.32 Å². The first-order chi connectivity index (χ1) is 7.25. The fourth-order valence-electron chi connectivity index (χ4n) is 1.45. The van der Waals surface area contributed by atoms with Crippen molar-refractivity contribution in [3.63, 3.8) is 0 Å². The molecule has 0 radical (unpaired) electrons. The molecule has 0 amide bonds. The lowest BCUT2D eigenvalue weighted by atomic mass is 10.2. The Hall–Kier alpha value is -1.42. The van der Waals surface area contributed by atoms with Gasteiger partial charge in [0.1, 0.15) is 0 Å². The van der Waals surface area contributed by atoms with Crippen molar-refractivity contribution in [3.8, 4) is 0 Å². The molecular formula is C11H13N3S. The molecular weight excluding hydrogens is 206 g/mol. The van der Waals surface area contributed by atoms with E-state index in [1.165, 1.54) is 0 Å². The van der Waals surface area contributed by atoms with Gasteiger partial charge in [0.05, 0.1) is 12.8 Å². The van der Waals surface area contributed by atoms with Crippen molar-refractivity contribution in [1.29, 1.82) is 0 Å². The van der Waals surface area contributed by atoms with Crippen LogP contribution in [0.3, 0.4) is 0 Å². The zero-order chi connectivity index (χ0) is 10.7. The number of rotatable bonds is 2. The Kier molecular flexibility index (Phi) is 2.97. The molecule has 2 rings (SSSR count). The maximum atomic E-state index is 5.13. The van der Waals surface area contributed by atoms with Crippen molar-refractivity contribution >= 4 is 23.5 Å². The smallest absolute Gasteiger partial charge is 0.189 e. The fraction of sp³-hybridized carbons (Fsp3) is 0.273. The molecule has 0 aromatic heterocycles. The molecule has 1 N–H and O–H groups in total. The minimum absolute atomic E-state index is 0.380. The normalized spacial score (nSPS) is 21.0. The highest BCUT2D eigenvalue weighted by Gasteiger charge is 2.20. The third-order valence-corrected chi connectivity index (χ3v) is 2.53. The molecule has 78 valence electrons. The molecule has 15 heavy (non-hydrogen) atoms. The van der Waals surface area contributed by atoms with Crippen LogP contribution in [0.15, 0.2) is 35.4 Å². The van der Waals surface area contributed by atoms with Gasteiger partial charge >= 0.3 is 0 Å². The van der Waals surface area contributed by atoms with E-state index in [2.05, 4.69) is 17.3 Å². The molecule has 1 saturated heterocycles. The summed E-state index contributed by atoms with van der Waals surface area (Å²) in [5.41, 5.74) is 1.08. The minimum atomic E-state index is 0.380. The molecule has 0 saturated carbocycles. The number of nitrogens with one attached hydrogen (secondary N) is 1. The second-order valence-electron chi connectivity index (χ2n) is 3.59. The number of hydrogen-bond donors (Lipinski definition) is 1. The first-order valence-corrected chi connectivity index (χ1v) is 5.33. The largest absolute Gasteiger partial charge is 0.357 e. The van der Waals surface area contributed by atoms with Gasteiger partial charge in [0.2, 0.25) is 0 Å². The summed E-state index contributed by atoms with van der Waals surface area (Å²) in [4.78, 5) is 0. The molecule has 1 aromatic rings. The molecule has 0 aliphatic carbocycles. The SMILES string of the molecule is CC1CN(/N=C/c2ccccc2)C(=S)N1. The topological polar surface area (TPSA) is 27.6 Å². The molecule has 0 spiro atoms. The Balaban J connectivity index is 2.03. The maximum absolute atomic E-state index is 5.13. The van der Waals surface area contributed by atoms with Crippen molar-refractivity contribution in [2.45, 2.75) is 13.0 Å². The van der Waals surface area contributed by atoms with Gasteiger partial charge in [0.25, 0.3) is 0 Å². The molecule has 4 heteroatoms. The summed E-state index contributed by atoms with van der Waals surface area (Å²) >= 11 is 5.13. The van der Waals surface area contributed by atoms with Gasteiger partial charge in [-0.2, -0.15) is 5.10 Å². The van der Waals surface area contributed by atoms with E-state index in [9.17, 15) is 0 Å². The van der Waals surface area contributed by atoms with E-state index in [-0.39, 0.29) is 0 Å². The summed E-state index contributed by atoms with van der Waals surface area (Å²) in [7, 11) is 0. The van der Waals surface area contributed by atoms with Gasteiger partial charge in [-0.3, -0.25) is 0 Å². The van der Waals surface area contributed by atoms with E-state index in [1.54, 1.807) is 0 Å². The summed E-state index contributed by atoms with van der Waals surface area (Å²) in [5.74, 6) is 0. The van der Waals surface area contributed by atoms with E-state index < -0.39 is 0 Å². The average molecular weight is 219 g/mol. The Bertz CT molecular complexity index is 375. The summed E-state index contributed by atoms with van der Waals surface area (Å²) in [6.45, 7) is 2.92. The predicted octanol–water partition coefficient (Wildman–Crippen LogP) is 1.60. The van der Waals surface area contributed by atoms with Crippen LogP contribution >= 0.6 is 12.2 Å². The molecule has 1 fully saturated rings. The van der Waals surface area contributed by atoms with Crippen LogP contribution in [0.5, 0.6) is 0 Å². The Morgan fingerprint density at radius 3 is 2.80 bits per heavy atom. The quantitative estimate of drug-likeness (QED) is 0.605. The fourth-order valence-corrected chi connectivity index (χ4v) is 1.77. The Morgan fingerprint density at radius 2 is 2.20 bits per heavy atom. The van der Waals surface area contributed by atoms with Crippen LogP contribution in [0.2, 0.25) is 0 Å². The van der Waals surface area contributed by atoms with Crippen LogP contribution in [0, 0.1) is 0 Å². The Labute approximate surface area is 94.8 Å². The predicted molar refractivity (Wildman–Crippen MR) is 65.9 cm³/mol. The lowest BCUT2D eigenvalue weighted by Gasteiger charge is -2.07. The second kappa shape index (κ2) is 4.40. The first kappa shape index (κ1) is 10.1. The highest BCUT2D eigenvalue weighted by molar-refractivity contribution is 7.80. The molecule has 0 bridgehead atoms. The van der Waals surface area contributed by atoms with E-state index in [0.717, 1.165) is 12.1 Å². The van der Waals surface area contributed by atoms with E-state index in [0.29, 0.717) is 11.2 Å². The summed E-state index contributed by atoms with van der Waals surface area (Å²) in [6.07, 6.45) is 1.83. The number of thiocarbonyl (C=S) groups is 1. The van der Waals surface area contributed by atoms with Crippen molar-refractivity contribution in [2.24, 2.45) is 5.10 Å². The van der Waals surface area contributed by atoms with Gasteiger partial charge in [-0.05, 0) is 24.7 Å². The van der Waals surface area contributed by atoms with Crippen molar-refractivity contribution < 1.29 is 0 Å². The van der Waals surface area contributed by atoms with Gasteiger partial charge in [0, 0.05) is 6.04 Å². The van der Waals surface area contributed by atoms with Crippen LogP contribution in [0.1, 0.15) is 12.5 Å². The van der Waals surface area contributed by atoms with Gasteiger partial charge in [-0.1, -0.05) is 30.3 Å². The summed E-state index contributed by atoms with van der Waals surface area (Å²) in [5, 5.41) is 9.99. The highest BCUT2D eigenvalue weighted by Crippen LogP contribution is 2.04. The molecule has 1 aromatic carbocycles. The first-order valence-electron chi connectivity index (χ1n) is 4.93. The molecule has 1 atom stereocenters. The van der Waals surface area contributed by atoms with Crippen molar-refractivity contribution in [3.05, 3.63) is 35.9 Å². The van der Waals surface area contributed by atoms with E-state index in [1.807, 2.05) is 41.6 Å². The maximum Gasteiger partial charge on any atom is 0.189 e. The van der Waals surface area contributed by atoms with E-state index >= 15 is 0 Å². The Morgan fingerprint density at radius 1 is 1.47 bits per heavy atom. The third-order valence-electron chi connectivity index (χ3n) is 2.20. The van der Waals surface area contributed by atoms with Crippen LogP contribution in [0.25, 0.3) is 0 Å². The molecule has 1 heterocycles. The van der Waals surface area contributed by atoms with Crippen LogP contribution in [-0.2, 0) is 0 Å². The van der Waals surface area contributed by atoms with Gasteiger partial charge in [0.15, 0.2) is 5.11 Å². The number of benzene rings is 1. The highest BCUT2D eigenvalue weighted by atomic mass is 32.1. The van der Waals surface area contributed by atoms with Crippen LogP contribution in [0.4, 0.5) is 0 Å². The monoisotopic (exact) mass is 219 g/mol. The molecule has 1 unspecified atom stereocenters. The van der Waals surface area contributed by atoms with Gasteiger partial charge in [-0.15, -0.1) is 0 Å². The van der Waals surface area contributed by atoms with Gasteiger partial charge < -0.3 is 5.32 Å². The van der Waals surface area contributed by atoms with Gasteiger partial charge in [-0.25, -0.2) is 5.01 Å². The van der Waals surface area contributed by atoms with Crippen molar-refractivity contribution in [2.75, 3.05) is 6.54 Å². The second-order valence-corrected chi connectivity index (χ2v) is 3.97. The number of hydrogen-bond acceptors (Lipinski definition) is 2. The lowest BCUT2D eigenvalue weighted by molar-refractivity contribution is 0.473. The average Bonchev–Trinajstić information content (AvgIpc) is 2.56. The minimum Gasteiger partial charge on any atom is -0.357 e. The third kappa shape index (κ3) is 2.53. The van der Waals surface area contributed by atoms with E-state index in [4.69, 9.17) is 12.2 Å². The lowest BCUT2D eigenvalue weighted by Crippen LogP contribution is -2.24. The van der Waals surface area contributed by atoms with Crippen LogP contribution in [-0.4, -0.2) is 28.9 Å².